The Labute approximate surface area is 143 Å². The Hall–Kier alpha value is -2.12. The molecular weight excluding hydrogens is 306 g/mol. The molecule has 0 spiro atoms. The molecule has 2 amide bonds. The molecule has 0 aromatic heterocycles. The number of carbonyl (C=O) groups excluding carboxylic acids is 2. The third kappa shape index (κ3) is 5.50. The molecule has 2 rings (SSSR count). The molecule has 0 radical (unpaired) electrons. The maximum Gasteiger partial charge on any atom is 0.241 e. The van der Waals surface area contributed by atoms with Gasteiger partial charge in [0.25, 0.3) is 0 Å². The number of carbonyl (C=O) groups is 2. The van der Waals surface area contributed by atoms with Gasteiger partial charge in [0, 0.05) is 52.0 Å². The number of likely N-dealkylation sites (N-methyl/N-ethyl adjacent to an activating group) is 1. The van der Waals surface area contributed by atoms with Crippen molar-refractivity contribution in [1.82, 2.24) is 15.1 Å². The van der Waals surface area contributed by atoms with E-state index in [4.69, 9.17) is 5.73 Å². The van der Waals surface area contributed by atoms with E-state index in [1.54, 1.807) is 11.9 Å². The van der Waals surface area contributed by atoms with Crippen molar-refractivity contribution in [1.29, 1.82) is 0 Å². The van der Waals surface area contributed by atoms with Crippen LogP contribution in [0.5, 0.6) is 0 Å². The molecule has 0 saturated carbocycles. The van der Waals surface area contributed by atoms with Crippen LogP contribution in [-0.4, -0.2) is 81.0 Å². The first kappa shape index (κ1) is 18.2. The van der Waals surface area contributed by atoms with E-state index >= 15 is 0 Å². The molecule has 1 fully saturated rings. The summed E-state index contributed by atoms with van der Waals surface area (Å²) in [4.78, 5) is 29.4. The minimum atomic E-state index is -0.311. The Morgan fingerprint density at radius 3 is 2.46 bits per heavy atom. The summed E-state index contributed by atoms with van der Waals surface area (Å²) < 4.78 is 0. The first-order chi connectivity index (χ1) is 11.6. The molecule has 0 aliphatic carbocycles. The van der Waals surface area contributed by atoms with Gasteiger partial charge < -0.3 is 20.9 Å². The van der Waals surface area contributed by atoms with Gasteiger partial charge in [-0.1, -0.05) is 18.2 Å². The van der Waals surface area contributed by atoms with Crippen LogP contribution in [0.2, 0.25) is 0 Å². The molecule has 0 unspecified atom stereocenters. The van der Waals surface area contributed by atoms with Crippen LogP contribution in [0.25, 0.3) is 0 Å². The third-order valence-electron chi connectivity index (χ3n) is 4.29. The van der Waals surface area contributed by atoms with Gasteiger partial charge in [0.2, 0.25) is 11.8 Å². The van der Waals surface area contributed by atoms with Crippen molar-refractivity contribution in [2.45, 2.75) is 0 Å². The molecule has 3 N–H and O–H groups in total. The van der Waals surface area contributed by atoms with Gasteiger partial charge in [-0.05, 0) is 12.1 Å². The van der Waals surface area contributed by atoms with Gasteiger partial charge in [-0.2, -0.15) is 0 Å². The van der Waals surface area contributed by atoms with Crippen LogP contribution in [0.1, 0.15) is 0 Å². The van der Waals surface area contributed by atoms with Crippen molar-refractivity contribution in [3.8, 4) is 0 Å². The lowest BCUT2D eigenvalue weighted by atomic mass is 10.2. The zero-order chi connectivity index (χ0) is 17.4. The Morgan fingerprint density at radius 2 is 1.83 bits per heavy atom. The highest BCUT2D eigenvalue weighted by Gasteiger charge is 2.18. The maximum absolute atomic E-state index is 11.9. The number of para-hydroxylation sites is 1. The number of nitrogens with two attached hydrogens (primary N) is 1. The minimum absolute atomic E-state index is 0.00825. The Morgan fingerprint density at radius 1 is 1.17 bits per heavy atom. The summed E-state index contributed by atoms with van der Waals surface area (Å²) in [6.07, 6.45) is 0. The van der Waals surface area contributed by atoms with Crippen molar-refractivity contribution in [2.75, 3.05) is 64.3 Å². The van der Waals surface area contributed by atoms with E-state index in [2.05, 4.69) is 39.4 Å². The summed E-state index contributed by atoms with van der Waals surface area (Å²) in [6, 6.07) is 10.4. The minimum Gasteiger partial charge on any atom is -0.369 e. The van der Waals surface area contributed by atoms with Gasteiger partial charge in [-0.15, -0.1) is 0 Å². The average Bonchev–Trinajstić information content (AvgIpc) is 2.64. The van der Waals surface area contributed by atoms with E-state index in [1.165, 1.54) is 5.69 Å². The number of piperazine rings is 1. The highest BCUT2D eigenvalue weighted by Crippen LogP contribution is 2.15. The Balaban J connectivity index is 1.67. The van der Waals surface area contributed by atoms with Gasteiger partial charge in [-0.3, -0.25) is 14.5 Å². The first-order valence-corrected chi connectivity index (χ1v) is 8.33. The van der Waals surface area contributed by atoms with E-state index in [-0.39, 0.29) is 24.9 Å². The SMILES string of the molecule is CN(CCN1CCN(c2ccccc2)CC1)C(=O)CNC(=O)CN. The summed E-state index contributed by atoms with van der Waals surface area (Å²) in [6.45, 7) is 5.37. The molecule has 7 nitrogen and oxygen atoms in total. The molecule has 0 atom stereocenters. The number of benzene rings is 1. The lowest BCUT2D eigenvalue weighted by Gasteiger charge is -2.36. The molecule has 1 aromatic rings. The molecule has 7 heteroatoms. The highest BCUT2D eigenvalue weighted by molar-refractivity contribution is 5.85. The lowest BCUT2D eigenvalue weighted by Crippen LogP contribution is -2.49. The zero-order valence-electron chi connectivity index (χ0n) is 14.3. The second kappa shape index (κ2) is 9.24. The van der Waals surface area contributed by atoms with Gasteiger partial charge in [-0.25, -0.2) is 0 Å². The molecule has 1 aliphatic rings. The molecule has 0 bridgehead atoms. The third-order valence-corrected chi connectivity index (χ3v) is 4.29. The first-order valence-electron chi connectivity index (χ1n) is 8.33. The van der Waals surface area contributed by atoms with E-state index in [0.717, 1.165) is 32.7 Å². The predicted molar refractivity (Wildman–Crippen MR) is 94.8 cm³/mol. The normalized spacial score (nSPS) is 15.2. The van der Waals surface area contributed by atoms with Crippen LogP contribution < -0.4 is 16.0 Å². The monoisotopic (exact) mass is 333 g/mol. The molecule has 1 heterocycles. The smallest absolute Gasteiger partial charge is 0.241 e. The number of nitrogens with one attached hydrogen (secondary N) is 1. The largest absolute Gasteiger partial charge is 0.369 e. The van der Waals surface area contributed by atoms with Crippen LogP contribution in [0.3, 0.4) is 0 Å². The average molecular weight is 333 g/mol. The molecule has 1 aromatic carbocycles. The highest BCUT2D eigenvalue weighted by atomic mass is 16.2. The van der Waals surface area contributed by atoms with Crippen molar-refractivity contribution in [3.05, 3.63) is 30.3 Å². The quantitative estimate of drug-likeness (QED) is 0.692. The summed E-state index contributed by atoms with van der Waals surface area (Å²) in [5, 5.41) is 2.50. The fourth-order valence-electron chi connectivity index (χ4n) is 2.67. The summed E-state index contributed by atoms with van der Waals surface area (Å²) in [5.74, 6) is -0.409. The van der Waals surface area contributed by atoms with Gasteiger partial charge >= 0.3 is 0 Å². The predicted octanol–water partition coefficient (Wildman–Crippen LogP) is -0.658. The van der Waals surface area contributed by atoms with Gasteiger partial charge in [0.15, 0.2) is 0 Å². The van der Waals surface area contributed by atoms with E-state index < -0.39 is 0 Å². The number of hydrogen-bond acceptors (Lipinski definition) is 5. The van der Waals surface area contributed by atoms with E-state index in [1.807, 2.05) is 6.07 Å². The van der Waals surface area contributed by atoms with Crippen molar-refractivity contribution >= 4 is 17.5 Å². The zero-order valence-corrected chi connectivity index (χ0v) is 14.3. The van der Waals surface area contributed by atoms with Crippen molar-refractivity contribution in [2.24, 2.45) is 5.73 Å². The van der Waals surface area contributed by atoms with Crippen LogP contribution in [0, 0.1) is 0 Å². The van der Waals surface area contributed by atoms with Crippen LogP contribution >= 0.6 is 0 Å². The number of rotatable bonds is 7. The topological polar surface area (TPSA) is 81.9 Å². The number of nitrogens with zero attached hydrogens (tertiary/aromatic N) is 3. The fourth-order valence-corrected chi connectivity index (χ4v) is 2.67. The van der Waals surface area contributed by atoms with Gasteiger partial charge in [0.1, 0.15) is 0 Å². The molecule has 24 heavy (non-hydrogen) atoms. The summed E-state index contributed by atoms with van der Waals surface area (Å²) in [5.41, 5.74) is 6.46. The fraction of sp³-hybridized carbons (Fsp3) is 0.529. The second-order valence-corrected chi connectivity index (χ2v) is 5.96. The Bertz CT molecular complexity index is 529. The van der Waals surface area contributed by atoms with Crippen LogP contribution in [0.15, 0.2) is 30.3 Å². The van der Waals surface area contributed by atoms with Crippen molar-refractivity contribution < 1.29 is 9.59 Å². The van der Waals surface area contributed by atoms with Crippen LogP contribution in [-0.2, 0) is 9.59 Å². The number of hydrogen-bond donors (Lipinski definition) is 2. The molecular formula is C17H27N5O2. The van der Waals surface area contributed by atoms with E-state index in [0.29, 0.717) is 6.54 Å². The van der Waals surface area contributed by atoms with Crippen LogP contribution in [0.4, 0.5) is 5.69 Å². The number of amides is 2. The Kier molecular flexibility index (Phi) is 7.02. The number of anilines is 1. The summed E-state index contributed by atoms with van der Waals surface area (Å²) in [7, 11) is 1.76. The molecule has 1 saturated heterocycles. The van der Waals surface area contributed by atoms with E-state index in [9.17, 15) is 9.59 Å². The molecule has 1 aliphatic heterocycles. The maximum atomic E-state index is 11.9. The van der Waals surface area contributed by atoms with Gasteiger partial charge in [0.05, 0.1) is 13.1 Å². The second-order valence-electron chi connectivity index (χ2n) is 5.96. The molecule has 132 valence electrons. The standard InChI is InChI=1S/C17H27N5O2/c1-20(17(24)14-19-16(23)13-18)7-8-21-9-11-22(12-10-21)15-5-3-2-4-6-15/h2-6H,7-14,18H2,1H3,(H,19,23). The van der Waals surface area contributed by atoms with Crippen molar-refractivity contribution in [3.63, 3.8) is 0 Å². The summed E-state index contributed by atoms with van der Waals surface area (Å²) >= 11 is 0. The lowest BCUT2D eigenvalue weighted by molar-refractivity contribution is -0.131.